The normalized spacial score (nSPS) is 13.8. The lowest BCUT2D eigenvalue weighted by Crippen LogP contribution is -2.17. The van der Waals surface area contributed by atoms with E-state index in [1.54, 1.807) is 0 Å². The summed E-state index contributed by atoms with van der Waals surface area (Å²) >= 11 is 6.05. The van der Waals surface area contributed by atoms with Crippen molar-refractivity contribution in [2.24, 2.45) is 0 Å². The molecular weight excluding hydrogens is 236 g/mol. The quantitative estimate of drug-likeness (QED) is 0.766. The van der Waals surface area contributed by atoms with Crippen LogP contribution in [0, 0.1) is 0 Å². The van der Waals surface area contributed by atoms with Gasteiger partial charge in [0.1, 0.15) is 11.3 Å². The summed E-state index contributed by atoms with van der Waals surface area (Å²) in [7, 11) is 0. The molecule has 4 heteroatoms. The van der Waals surface area contributed by atoms with Crippen molar-refractivity contribution in [1.29, 1.82) is 0 Å². The van der Waals surface area contributed by atoms with E-state index in [4.69, 9.17) is 16.3 Å². The lowest BCUT2D eigenvalue weighted by Gasteiger charge is -2.20. The molecule has 96 valence electrons. The van der Waals surface area contributed by atoms with Crippen molar-refractivity contribution in [2.45, 2.75) is 52.6 Å². The van der Waals surface area contributed by atoms with Crippen LogP contribution in [0.2, 0.25) is 5.15 Å². The number of halogens is 1. The minimum atomic E-state index is -0.0696. The Bertz CT molecular complexity index is 374. The first-order chi connectivity index (χ1) is 7.88. The fraction of sp³-hybridized carbons (Fsp3) is 0.692. The maximum atomic E-state index is 6.05. The Labute approximate surface area is 109 Å². The maximum Gasteiger partial charge on any atom is 0.159 e. The molecule has 1 heterocycles. The predicted octanol–water partition coefficient (Wildman–Crippen LogP) is 3.92. The molecule has 1 atom stereocenters. The van der Waals surface area contributed by atoms with E-state index >= 15 is 0 Å². The van der Waals surface area contributed by atoms with Gasteiger partial charge in [-0.15, -0.1) is 0 Å². The van der Waals surface area contributed by atoms with Crippen LogP contribution in [0.25, 0.3) is 0 Å². The van der Waals surface area contributed by atoms with Gasteiger partial charge in [-0.2, -0.15) is 0 Å². The Morgan fingerprint density at radius 3 is 2.41 bits per heavy atom. The Morgan fingerprint density at radius 1 is 1.29 bits per heavy atom. The van der Waals surface area contributed by atoms with Crippen LogP contribution in [0.5, 0.6) is 0 Å². The van der Waals surface area contributed by atoms with E-state index in [2.05, 4.69) is 37.7 Å². The first-order valence-electron chi connectivity index (χ1n) is 6.05. The molecule has 0 aliphatic carbocycles. The van der Waals surface area contributed by atoms with Crippen molar-refractivity contribution < 1.29 is 4.74 Å². The molecule has 0 amide bonds. The van der Waals surface area contributed by atoms with Crippen LogP contribution in [0.1, 0.15) is 58.7 Å². The average Bonchev–Trinajstić information content (AvgIpc) is 2.23. The van der Waals surface area contributed by atoms with E-state index in [1.807, 2.05) is 13.0 Å². The monoisotopic (exact) mass is 256 g/mol. The lowest BCUT2D eigenvalue weighted by atomic mass is 9.92. The molecule has 0 saturated heterocycles. The Balaban J connectivity index is 3.12. The second-order valence-corrected chi connectivity index (χ2v) is 5.42. The van der Waals surface area contributed by atoms with E-state index in [9.17, 15) is 0 Å². The summed E-state index contributed by atoms with van der Waals surface area (Å²) in [6.07, 6.45) is 0.775. The van der Waals surface area contributed by atoms with Crippen molar-refractivity contribution in [3.8, 4) is 0 Å². The molecule has 1 rings (SSSR count). The fourth-order valence-electron chi connectivity index (χ4n) is 1.54. The van der Waals surface area contributed by atoms with Crippen molar-refractivity contribution in [3.05, 3.63) is 22.7 Å². The van der Waals surface area contributed by atoms with Gasteiger partial charge in [0, 0.05) is 12.0 Å². The summed E-state index contributed by atoms with van der Waals surface area (Å²) in [5.74, 6) is 0.687. The molecule has 1 unspecified atom stereocenters. The molecule has 0 spiro atoms. The van der Waals surface area contributed by atoms with Crippen molar-refractivity contribution in [3.63, 3.8) is 0 Å². The van der Waals surface area contributed by atoms with E-state index in [0.29, 0.717) is 17.6 Å². The number of nitrogens with zero attached hydrogens (tertiary/aromatic N) is 2. The highest BCUT2D eigenvalue weighted by Crippen LogP contribution is 2.25. The van der Waals surface area contributed by atoms with E-state index < -0.39 is 0 Å². The summed E-state index contributed by atoms with van der Waals surface area (Å²) in [6.45, 7) is 11.0. The van der Waals surface area contributed by atoms with Gasteiger partial charge >= 0.3 is 0 Å². The lowest BCUT2D eigenvalue weighted by molar-refractivity contribution is 0.0532. The van der Waals surface area contributed by atoms with E-state index in [-0.39, 0.29) is 11.5 Å². The second-order valence-electron chi connectivity index (χ2n) is 5.04. The third-order valence-electron chi connectivity index (χ3n) is 2.51. The molecule has 0 N–H and O–H groups in total. The Kier molecular flexibility index (Phi) is 4.90. The summed E-state index contributed by atoms with van der Waals surface area (Å²) < 4.78 is 5.62. The first-order valence-corrected chi connectivity index (χ1v) is 6.42. The molecule has 0 radical (unpaired) electrons. The van der Waals surface area contributed by atoms with Crippen LogP contribution < -0.4 is 0 Å². The van der Waals surface area contributed by atoms with Crippen LogP contribution in [-0.2, 0) is 10.2 Å². The van der Waals surface area contributed by atoms with Gasteiger partial charge in [-0.05, 0) is 19.4 Å². The number of ether oxygens (including phenoxy) is 1. The molecule has 0 aliphatic heterocycles. The Hall–Kier alpha value is -0.670. The van der Waals surface area contributed by atoms with Gasteiger partial charge in [0.25, 0.3) is 0 Å². The average molecular weight is 257 g/mol. The molecule has 1 aromatic heterocycles. The smallest absolute Gasteiger partial charge is 0.159 e. The van der Waals surface area contributed by atoms with Gasteiger partial charge < -0.3 is 4.74 Å². The fourth-order valence-corrected chi connectivity index (χ4v) is 1.73. The third kappa shape index (κ3) is 3.93. The Morgan fingerprint density at radius 2 is 1.94 bits per heavy atom. The highest BCUT2D eigenvalue weighted by atomic mass is 35.5. The summed E-state index contributed by atoms with van der Waals surface area (Å²) in [5, 5.41) is 0.484. The highest BCUT2D eigenvalue weighted by molar-refractivity contribution is 6.29. The van der Waals surface area contributed by atoms with Gasteiger partial charge in [-0.3, -0.25) is 0 Å². The zero-order chi connectivity index (χ0) is 13.1. The van der Waals surface area contributed by atoms with Gasteiger partial charge in [0.15, 0.2) is 5.82 Å². The molecule has 3 nitrogen and oxygen atoms in total. The first kappa shape index (κ1) is 14.4. The summed E-state index contributed by atoms with van der Waals surface area (Å²) in [4.78, 5) is 8.84. The van der Waals surface area contributed by atoms with Crippen molar-refractivity contribution >= 4 is 11.6 Å². The zero-order valence-electron chi connectivity index (χ0n) is 11.2. The third-order valence-corrected chi connectivity index (χ3v) is 2.70. The predicted molar refractivity (Wildman–Crippen MR) is 70.4 cm³/mol. The van der Waals surface area contributed by atoms with Crippen LogP contribution in [0.15, 0.2) is 6.07 Å². The molecule has 1 aromatic rings. The van der Waals surface area contributed by atoms with Crippen LogP contribution >= 0.6 is 11.6 Å². The van der Waals surface area contributed by atoms with Gasteiger partial charge in [0.05, 0.1) is 5.69 Å². The van der Waals surface area contributed by atoms with Crippen LogP contribution in [0.4, 0.5) is 0 Å². The summed E-state index contributed by atoms with van der Waals surface area (Å²) in [6, 6.07) is 1.82. The zero-order valence-corrected chi connectivity index (χ0v) is 12.0. The van der Waals surface area contributed by atoms with Gasteiger partial charge in [-0.1, -0.05) is 39.3 Å². The van der Waals surface area contributed by atoms with Gasteiger partial charge in [0.2, 0.25) is 0 Å². The maximum absolute atomic E-state index is 6.05. The molecule has 0 bridgehead atoms. The van der Waals surface area contributed by atoms with E-state index in [0.717, 1.165) is 12.1 Å². The number of hydrogen-bond donors (Lipinski definition) is 0. The molecule has 0 fully saturated rings. The molecule has 17 heavy (non-hydrogen) atoms. The SMILES string of the molecule is CCOC(CC)c1nc(Cl)cc(C(C)(C)C)n1. The van der Waals surface area contributed by atoms with E-state index in [1.165, 1.54) is 0 Å². The molecule has 0 aliphatic rings. The standard InChI is InChI=1S/C13H21ClN2O/c1-6-9(17-7-2)12-15-10(13(3,4)5)8-11(14)16-12/h8-9H,6-7H2,1-5H3. The van der Waals surface area contributed by atoms with Crippen LogP contribution in [-0.4, -0.2) is 16.6 Å². The van der Waals surface area contributed by atoms with Crippen molar-refractivity contribution in [2.75, 3.05) is 6.61 Å². The molecule has 0 saturated carbocycles. The number of rotatable bonds is 4. The number of aromatic nitrogens is 2. The number of hydrogen-bond acceptors (Lipinski definition) is 3. The largest absolute Gasteiger partial charge is 0.371 e. The van der Waals surface area contributed by atoms with Gasteiger partial charge in [-0.25, -0.2) is 9.97 Å². The van der Waals surface area contributed by atoms with Crippen LogP contribution in [0.3, 0.4) is 0 Å². The molecular formula is C13H21ClN2O. The summed E-state index contributed by atoms with van der Waals surface area (Å²) in [5.41, 5.74) is 0.914. The van der Waals surface area contributed by atoms with Crippen molar-refractivity contribution in [1.82, 2.24) is 9.97 Å². The molecule has 0 aromatic carbocycles. The minimum Gasteiger partial charge on any atom is -0.371 e. The highest BCUT2D eigenvalue weighted by Gasteiger charge is 2.20. The second kappa shape index (κ2) is 5.78. The topological polar surface area (TPSA) is 35.0 Å². The minimum absolute atomic E-state index is 0.0359.